The van der Waals surface area contributed by atoms with Gasteiger partial charge in [0.05, 0.1) is 18.5 Å². The molecule has 0 aromatic carbocycles. The van der Waals surface area contributed by atoms with E-state index in [4.69, 9.17) is 14.9 Å². The summed E-state index contributed by atoms with van der Waals surface area (Å²) >= 11 is 0. The number of furan rings is 1. The van der Waals surface area contributed by atoms with Crippen LogP contribution in [0.5, 0.6) is 5.75 Å². The number of pyridine rings is 1. The number of nitrogens with two attached hydrogens (primary N) is 1. The molecule has 0 fully saturated rings. The second-order valence-corrected chi connectivity index (χ2v) is 4.66. The maximum Gasteiger partial charge on any atom is 0.261 e. The SMILES string of the molecule is Cc1ccc(OC(C)C(=O)NCc2ccco2)c(CN)n1. The standard InChI is InChI=1S/C15H19N3O3/c1-10-5-6-14(13(8-16)18-10)21-11(2)15(19)17-9-12-4-3-7-20-12/h3-7,11H,8-9,16H2,1-2H3,(H,17,19). The quantitative estimate of drug-likeness (QED) is 0.841. The summed E-state index contributed by atoms with van der Waals surface area (Å²) in [4.78, 5) is 16.3. The molecule has 0 aliphatic heterocycles. The number of aryl methyl sites for hydroxylation is 1. The Balaban J connectivity index is 1.94. The third-order valence-electron chi connectivity index (χ3n) is 2.95. The summed E-state index contributed by atoms with van der Waals surface area (Å²) in [6, 6.07) is 7.16. The van der Waals surface area contributed by atoms with Crippen molar-refractivity contribution in [1.82, 2.24) is 10.3 Å². The number of rotatable bonds is 6. The number of hydrogen-bond acceptors (Lipinski definition) is 5. The highest BCUT2D eigenvalue weighted by molar-refractivity contribution is 5.80. The number of nitrogens with one attached hydrogen (secondary N) is 1. The van der Waals surface area contributed by atoms with Crippen molar-refractivity contribution in [3.8, 4) is 5.75 Å². The minimum Gasteiger partial charge on any atom is -0.479 e. The van der Waals surface area contributed by atoms with E-state index >= 15 is 0 Å². The van der Waals surface area contributed by atoms with Gasteiger partial charge >= 0.3 is 0 Å². The molecule has 1 amide bonds. The Labute approximate surface area is 123 Å². The molecule has 0 aliphatic carbocycles. The molecule has 21 heavy (non-hydrogen) atoms. The van der Waals surface area contributed by atoms with Gasteiger partial charge in [-0.1, -0.05) is 0 Å². The van der Waals surface area contributed by atoms with Gasteiger partial charge in [0.2, 0.25) is 0 Å². The number of ether oxygens (including phenoxy) is 1. The van der Waals surface area contributed by atoms with Crippen LogP contribution in [0, 0.1) is 6.92 Å². The zero-order valence-electron chi connectivity index (χ0n) is 12.1. The number of hydrogen-bond donors (Lipinski definition) is 2. The lowest BCUT2D eigenvalue weighted by molar-refractivity contribution is -0.127. The third kappa shape index (κ3) is 4.06. The molecule has 2 heterocycles. The van der Waals surface area contributed by atoms with Gasteiger partial charge in [0.1, 0.15) is 11.5 Å². The Morgan fingerprint density at radius 3 is 2.95 bits per heavy atom. The van der Waals surface area contributed by atoms with E-state index < -0.39 is 6.10 Å². The first kappa shape index (κ1) is 15.1. The summed E-state index contributed by atoms with van der Waals surface area (Å²) in [5, 5.41) is 2.74. The summed E-state index contributed by atoms with van der Waals surface area (Å²) in [6.07, 6.45) is 0.919. The summed E-state index contributed by atoms with van der Waals surface area (Å²) in [5.74, 6) is 0.994. The van der Waals surface area contributed by atoms with E-state index in [1.807, 2.05) is 13.0 Å². The van der Waals surface area contributed by atoms with Crippen LogP contribution in [0.4, 0.5) is 0 Å². The summed E-state index contributed by atoms with van der Waals surface area (Å²) in [5.41, 5.74) is 7.14. The van der Waals surface area contributed by atoms with Crippen molar-refractivity contribution >= 4 is 5.91 Å². The molecule has 0 bridgehead atoms. The van der Waals surface area contributed by atoms with Crippen LogP contribution in [0.2, 0.25) is 0 Å². The molecule has 2 aromatic rings. The highest BCUT2D eigenvalue weighted by Gasteiger charge is 2.16. The second-order valence-electron chi connectivity index (χ2n) is 4.66. The maximum atomic E-state index is 12.0. The molecule has 1 atom stereocenters. The number of amides is 1. The Morgan fingerprint density at radius 1 is 1.48 bits per heavy atom. The Morgan fingerprint density at radius 2 is 2.29 bits per heavy atom. The van der Waals surface area contributed by atoms with Crippen LogP contribution in [0.3, 0.4) is 0 Å². The molecule has 2 rings (SSSR count). The van der Waals surface area contributed by atoms with E-state index in [1.165, 1.54) is 0 Å². The van der Waals surface area contributed by atoms with E-state index in [0.29, 0.717) is 23.7 Å². The summed E-state index contributed by atoms with van der Waals surface area (Å²) < 4.78 is 10.8. The molecule has 0 radical (unpaired) electrons. The lowest BCUT2D eigenvalue weighted by Gasteiger charge is -2.16. The molecule has 6 nitrogen and oxygen atoms in total. The van der Waals surface area contributed by atoms with Gasteiger partial charge in [0.25, 0.3) is 5.91 Å². The number of nitrogens with zero attached hydrogens (tertiary/aromatic N) is 1. The fraction of sp³-hybridized carbons (Fsp3) is 0.333. The van der Waals surface area contributed by atoms with Crippen LogP contribution in [-0.4, -0.2) is 17.0 Å². The molecule has 0 saturated heterocycles. The van der Waals surface area contributed by atoms with Gasteiger partial charge in [-0.3, -0.25) is 9.78 Å². The van der Waals surface area contributed by atoms with Crippen molar-refractivity contribution in [2.75, 3.05) is 0 Å². The van der Waals surface area contributed by atoms with E-state index in [2.05, 4.69) is 10.3 Å². The van der Waals surface area contributed by atoms with Gasteiger partial charge in [0, 0.05) is 12.2 Å². The Kier molecular flexibility index (Phi) is 4.94. The zero-order valence-corrected chi connectivity index (χ0v) is 12.1. The van der Waals surface area contributed by atoms with Gasteiger partial charge in [-0.2, -0.15) is 0 Å². The topological polar surface area (TPSA) is 90.4 Å². The van der Waals surface area contributed by atoms with Crippen LogP contribution >= 0.6 is 0 Å². The van der Waals surface area contributed by atoms with Crippen molar-refractivity contribution in [2.24, 2.45) is 5.73 Å². The zero-order chi connectivity index (χ0) is 15.2. The first-order valence-corrected chi connectivity index (χ1v) is 6.73. The van der Waals surface area contributed by atoms with E-state index in [1.54, 1.807) is 31.4 Å². The average molecular weight is 289 g/mol. The molecular formula is C15H19N3O3. The molecule has 0 aliphatic rings. The van der Waals surface area contributed by atoms with Gasteiger partial charge in [-0.05, 0) is 38.1 Å². The first-order valence-electron chi connectivity index (χ1n) is 6.73. The fourth-order valence-electron chi connectivity index (χ4n) is 1.83. The van der Waals surface area contributed by atoms with Gasteiger partial charge in [0.15, 0.2) is 6.10 Å². The highest BCUT2D eigenvalue weighted by atomic mass is 16.5. The van der Waals surface area contributed by atoms with E-state index in [9.17, 15) is 4.79 Å². The smallest absolute Gasteiger partial charge is 0.261 e. The molecule has 1 unspecified atom stereocenters. The molecule has 6 heteroatoms. The minimum absolute atomic E-state index is 0.227. The first-order chi connectivity index (χ1) is 10.1. The van der Waals surface area contributed by atoms with Crippen LogP contribution < -0.4 is 15.8 Å². The predicted octanol–water partition coefficient (Wildman–Crippen LogP) is 1.53. The lowest BCUT2D eigenvalue weighted by Crippen LogP contribution is -2.36. The molecule has 2 aromatic heterocycles. The summed E-state index contributed by atoms with van der Waals surface area (Å²) in [6.45, 7) is 4.15. The molecule has 112 valence electrons. The number of aromatic nitrogens is 1. The molecule has 0 spiro atoms. The predicted molar refractivity (Wildman–Crippen MR) is 77.5 cm³/mol. The third-order valence-corrected chi connectivity index (χ3v) is 2.95. The summed E-state index contributed by atoms with van der Waals surface area (Å²) in [7, 11) is 0. The van der Waals surface area contributed by atoms with Gasteiger partial charge in [-0.25, -0.2) is 0 Å². The normalized spacial score (nSPS) is 12.0. The van der Waals surface area contributed by atoms with Crippen molar-refractivity contribution in [1.29, 1.82) is 0 Å². The largest absolute Gasteiger partial charge is 0.479 e. The van der Waals surface area contributed by atoms with Gasteiger partial charge in [-0.15, -0.1) is 0 Å². The van der Waals surface area contributed by atoms with Crippen LogP contribution in [-0.2, 0) is 17.9 Å². The Hall–Kier alpha value is -2.34. The lowest BCUT2D eigenvalue weighted by atomic mass is 10.2. The molecule has 3 N–H and O–H groups in total. The van der Waals surface area contributed by atoms with E-state index in [0.717, 1.165) is 5.69 Å². The monoisotopic (exact) mass is 289 g/mol. The van der Waals surface area contributed by atoms with Crippen molar-refractivity contribution in [3.63, 3.8) is 0 Å². The molecular weight excluding hydrogens is 270 g/mol. The Bertz CT molecular complexity index is 596. The van der Waals surface area contributed by atoms with Gasteiger partial charge < -0.3 is 20.2 Å². The van der Waals surface area contributed by atoms with Crippen molar-refractivity contribution in [2.45, 2.75) is 33.0 Å². The van der Waals surface area contributed by atoms with Crippen LogP contribution in [0.1, 0.15) is 24.1 Å². The van der Waals surface area contributed by atoms with Crippen molar-refractivity contribution < 1.29 is 13.9 Å². The van der Waals surface area contributed by atoms with E-state index in [-0.39, 0.29) is 12.5 Å². The molecule has 0 saturated carbocycles. The minimum atomic E-state index is -0.644. The second kappa shape index (κ2) is 6.90. The van der Waals surface area contributed by atoms with Crippen molar-refractivity contribution in [3.05, 3.63) is 47.7 Å². The van der Waals surface area contributed by atoms with Crippen LogP contribution in [0.15, 0.2) is 34.9 Å². The fourth-order valence-corrected chi connectivity index (χ4v) is 1.83. The number of carbonyl (C=O) groups is 1. The highest BCUT2D eigenvalue weighted by Crippen LogP contribution is 2.18. The maximum absolute atomic E-state index is 12.0. The average Bonchev–Trinajstić information content (AvgIpc) is 2.99. The van der Waals surface area contributed by atoms with Crippen LogP contribution in [0.25, 0.3) is 0 Å². The number of carbonyl (C=O) groups excluding carboxylic acids is 1.